The van der Waals surface area contributed by atoms with Crippen LogP contribution in [0.4, 0.5) is 5.69 Å². The molecule has 0 unspecified atom stereocenters. The second-order valence-electron chi connectivity index (χ2n) is 6.25. The summed E-state index contributed by atoms with van der Waals surface area (Å²) in [5.41, 5.74) is 5.21. The predicted octanol–water partition coefficient (Wildman–Crippen LogP) is 4.48. The molecule has 0 heterocycles. The largest absolute Gasteiger partial charge is 0.311 e. The summed E-state index contributed by atoms with van der Waals surface area (Å²) in [6.45, 7) is 1.97. The first kappa shape index (κ1) is 15.3. The maximum absolute atomic E-state index is 13.1. The molecule has 0 saturated heterocycles. The zero-order valence-corrected chi connectivity index (χ0v) is 14.1. The lowest BCUT2D eigenvalue weighted by Crippen LogP contribution is -2.28. The van der Waals surface area contributed by atoms with Gasteiger partial charge in [-0.3, -0.25) is 9.59 Å². The minimum Gasteiger partial charge on any atom is -0.311 e. The standard InChI is InChI=1S/C22H17NO2/c1-14-8-3-6-13-19(14)23(2)22(25)18-12-7-11-16-15-9-4-5-10-17(15)21(24)20(16)18/h3-13H,1-2H3. The van der Waals surface area contributed by atoms with Gasteiger partial charge in [0.25, 0.3) is 5.91 Å². The van der Waals surface area contributed by atoms with Crippen LogP contribution in [0.1, 0.15) is 31.8 Å². The fourth-order valence-corrected chi connectivity index (χ4v) is 3.48. The van der Waals surface area contributed by atoms with Crippen molar-refractivity contribution < 1.29 is 9.59 Å². The molecule has 1 aliphatic carbocycles. The Kier molecular flexibility index (Phi) is 3.50. The number of nitrogens with zero attached hydrogens (tertiary/aromatic N) is 1. The molecule has 122 valence electrons. The van der Waals surface area contributed by atoms with Gasteiger partial charge in [0.15, 0.2) is 5.78 Å². The number of aryl methyl sites for hydroxylation is 1. The van der Waals surface area contributed by atoms with Gasteiger partial charge in [0, 0.05) is 23.9 Å². The van der Waals surface area contributed by atoms with Crippen molar-refractivity contribution in [2.75, 3.05) is 11.9 Å². The highest BCUT2D eigenvalue weighted by Crippen LogP contribution is 2.38. The molecule has 1 amide bonds. The van der Waals surface area contributed by atoms with Crippen LogP contribution in [0, 0.1) is 6.92 Å². The smallest absolute Gasteiger partial charge is 0.258 e. The van der Waals surface area contributed by atoms with Crippen LogP contribution in [-0.4, -0.2) is 18.7 Å². The van der Waals surface area contributed by atoms with Gasteiger partial charge in [-0.15, -0.1) is 0 Å². The molecule has 0 bridgehead atoms. The number of amides is 1. The molecule has 0 aliphatic heterocycles. The molecule has 0 N–H and O–H groups in total. The predicted molar refractivity (Wildman–Crippen MR) is 99.2 cm³/mol. The summed E-state index contributed by atoms with van der Waals surface area (Å²) in [4.78, 5) is 27.6. The zero-order chi connectivity index (χ0) is 17.6. The van der Waals surface area contributed by atoms with Crippen LogP contribution in [0.5, 0.6) is 0 Å². The Hall–Kier alpha value is -3.20. The average molecular weight is 327 g/mol. The van der Waals surface area contributed by atoms with E-state index >= 15 is 0 Å². The highest BCUT2D eigenvalue weighted by Gasteiger charge is 2.31. The Morgan fingerprint density at radius 2 is 1.44 bits per heavy atom. The molecule has 0 atom stereocenters. The minimum atomic E-state index is -0.174. The number of hydrogen-bond donors (Lipinski definition) is 0. The summed E-state index contributed by atoms with van der Waals surface area (Å²) in [6, 6.07) is 20.7. The first-order valence-electron chi connectivity index (χ1n) is 8.20. The molecule has 0 radical (unpaired) electrons. The third-order valence-electron chi connectivity index (χ3n) is 4.77. The minimum absolute atomic E-state index is 0.0762. The Balaban J connectivity index is 1.83. The number of ketones is 1. The molecular weight excluding hydrogens is 310 g/mol. The summed E-state index contributed by atoms with van der Waals surface area (Å²) in [6.07, 6.45) is 0. The third kappa shape index (κ3) is 2.28. The quantitative estimate of drug-likeness (QED) is 0.544. The van der Waals surface area contributed by atoms with E-state index < -0.39 is 0 Å². The van der Waals surface area contributed by atoms with Gasteiger partial charge in [-0.2, -0.15) is 0 Å². The van der Waals surface area contributed by atoms with Crippen LogP contribution in [0.15, 0.2) is 66.7 Å². The first-order chi connectivity index (χ1) is 12.1. The van der Waals surface area contributed by atoms with Crippen LogP contribution < -0.4 is 4.90 Å². The maximum Gasteiger partial charge on any atom is 0.258 e. The van der Waals surface area contributed by atoms with Gasteiger partial charge in [-0.05, 0) is 35.7 Å². The fourth-order valence-electron chi connectivity index (χ4n) is 3.48. The van der Waals surface area contributed by atoms with Crippen LogP contribution in [0.25, 0.3) is 11.1 Å². The molecule has 1 aliphatic rings. The van der Waals surface area contributed by atoms with E-state index in [0.717, 1.165) is 22.4 Å². The van der Waals surface area contributed by atoms with E-state index in [2.05, 4.69) is 0 Å². The Morgan fingerprint density at radius 3 is 2.20 bits per heavy atom. The summed E-state index contributed by atoms with van der Waals surface area (Å²) >= 11 is 0. The summed E-state index contributed by atoms with van der Waals surface area (Å²) in [5.74, 6) is -0.250. The number of para-hydroxylation sites is 1. The Morgan fingerprint density at radius 1 is 0.800 bits per heavy atom. The molecule has 3 aromatic rings. The van der Waals surface area contributed by atoms with Gasteiger partial charge in [0.1, 0.15) is 0 Å². The summed E-state index contributed by atoms with van der Waals surface area (Å²) in [5, 5.41) is 0. The first-order valence-corrected chi connectivity index (χ1v) is 8.20. The van der Waals surface area contributed by atoms with Gasteiger partial charge >= 0.3 is 0 Å². The topological polar surface area (TPSA) is 37.4 Å². The number of carbonyl (C=O) groups excluding carboxylic acids is 2. The molecule has 3 heteroatoms. The van der Waals surface area contributed by atoms with E-state index in [1.165, 1.54) is 0 Å². The average Bonchev–Trinajstić information content (AvgIpc) is 2.94. The Bertz CT molecular complexity index is 1020. The van der Waals surface area contributed by atoms with E-state index in [1.807, 2.05) is 67.6 Å². The monoisotopic (exact) mass is 327 g/mol. The molecule has 0 fully saturated rings. The zero-order valence-electron chi connectivity index (χ0n) is 14.1. The normalized spacial score (nSPS) is 11.8. The van der Waals surface area contributed by atoms with E-state index in [4.69, 9.17) is 0 Å². The number of fused-ring (bicyclic) bond motifs is 3. The lowest BCUT2D eigenvalue weighted by molar-refractivity contribution is 0.0977. The molecule has 3 nitrogen and oxygen atoms in total. The van der Waals surface area contributed by atoms with Gasteiger partial charge in [0.2, 0.25) is 0 Å². The van der Waals surface area contributed by atoms with E-state index in [0.29, 0.717) is 16.7 Å². The lowest BCUT2D eigenvalue weighted by Gasteiger charge is -2.20. The van der Waals surface area contributed by atoms with Crippen molar-refractivity contribution in [3.63, 3.8) is 0 Å². The van der Waals surface area contributed by atoms with E-state index in [1.54, 1.807) is 18.0 Å². The maximum atomic E-state index is 13.1. The van der Waals surface area contributed by atoms with Crippen molar-refractivity contribution in [3.05, 3.63) is 89.0 Å². The molecule has 0 saturated carbocycles. The van der Waals surface area contributed by atoms with Crippen LogP contribution >= 0.6 is 0 Å². The van der Waals surface area contributed by atoms with Crippen molar-refractivity contribution in [1.82, 2.24) is 0 Å². The van der Waals surface area contributed by atoms with Gasteiger partial charge in [-0.1, -0.05) is 54.6 Å². The van der Waals surface area contributed by atoms with Crippen LogP contribution in [0.3, 0.4) is 0 Å². The Labute approximate surface area is 146 Å². The van der Waals surface area contributed by atoms with Gasteiger partial charge in [0.05, 0.1) is 5.56 Å². The van der Waals surface area contributed by atoms with Crippen LogP contribution in [-0.2, 0) is 0 Å². The number of hydrogen-bond acceptors (Lipinski definition) is 2. The number of carbonyl (C=O) groups is 2. The number of benzene rings is 3. The molecule has 3 aromatic carbocycles. The molecule has 0 aromatic heterocycles. The van der Waals surface area contributed by atoms with Crippen molar-refractivity contribution in [3.8, 4) is 11.1 Å². The second-order valence-corrected chi connectivity index (χ2v) is 6.25. The van der Waals surface area contributed by atoms with E-state index in [9.17, 15) is 9.59 Å². The van der Waals surface area contributed by atoms with Crippen molar-refractivity contribution >= 4 is 17.4 Å². The highest BCUT2D eigenvalue weighted by molar-refractivity contribution is 6.27. The summed E-state index contributed by atoms with van der Waals surface area (Å²) in [7, 11) is 1.75. The molecule has 25 heavy (non-hydrogen) atoms. The third-order valence-corrected chi connectivity index (χ3v) is 4.77. The SMILES string of the molecule is Cc1ccccc1N(C)C(=O)c1cccc2c1C(=O)c1ccccc1-2. The number of rotatable bonds is 2. The molecule has 0 spiro atoms. The van der Waals surface area contributed by atoms with Crippen molar-refractivity contribution in [2.45, 2.75) is 6.92 Å². The fraction of sp³-hybridized carbons (Fsp3) is 0.0909. The van der Waals surface area contributed by atoms with E-state index in [-0.39, 0.29) is 11.7 Å². The van der Waals surface area contributed by atoms with Crippen molar-refractivity contribution in [2.24, 2.45) is 0 Å². The summed E-state index contributed by atoms with van der Waals surface area (Å²) < 4.78 is 0. The second kappa shape index (κ2) is 5.71. The molecule has 4 rings (SSSR count). The highest BCUT2D eigenvalue weighted by atomic mass is 16.2. The molecular formula is C22H17NO2. The van der Waals surface area contributed by atoms with Crippen molar-refractivity contribution in [1.29, 1.82) is 0 Å². The van der Waals surface area contributed by atoms with Gasteiger partial charge in [-0.25, -0.2) is 0 Å². The lowest BCUT2D eigenvalue weighted by atomic mass is 9.99. The van der Waals surface area contributed by atoms with Gasteiger partial charge < -0.3 is 4.90 Å². The number of anilines is 1. The van der Waals surface area contributed by atoms with Crippen LogP contribution in [0.2, 0.25) is 0 Å².